The van der Waals surface area contributed by atoms with Gasteiger partial charge in [0.05, 0.1) is 18.8 Å². The highest BCUT2D eigenvalue weighted by Crippen LogP contribution is 2.21. The highest BCUT2D eigenvalue weighted by Gasteiger charge is 2.19. The lowest BCUT2D eigenvalue weighted by molar-refractivity contribution is 0.0934. The summed E-state index contributed by atoms with van der Waals surface area (Å²) < 4.78 is 6.92. The number of ether oxygens (including phenoxy) is 1. The first-order chi connectivity index (χ1) is 9.93. The van der Waals surface area contributed by atoms with Gasteiger partial charge in [0.15, 0.2) is 0 Å². The second-order valence-electron chi connectivity index (χ2n) is 4.98. The topological polar surface area (TPSA) is 69.0 Å². The van der Waals surface area contributed by atoms with E-state index in [4.69, 9.17) is 4.74 Å². The molecule has 0 bridgehead atoms. The number of aryl methyl sites for hydroxylation is 2. The number of carbonyl (C=O) groups is 1. The van der Waals surface area contributed by atoms with Crippen LogP contribution in [0.5, 0.6) is 5.75 Å². The molecule has 0 aliphatic carbocycles. The van der Waals surface area contributed by atoms with Crippen LogP contribution in [0.2, 0.25) is 0 Å². The van der Waals surface area contributed by atoms with Crippen molar-refractivity contribution in [2.24, 2.45) is 7.05 Å². The summed E-state index contributed by atoms with van der Waals surface area (Å²) in [5, 5.41) is 7.32. The third-order valence-electron chi connectivity index (χ3n) is 3.55. The molecule has 6 nitrogen and oxygen atoms in total. The molecule has 0 aromatic carbocycles. The van der Waals surface area contributed by atoms with Gasteiger partial charge in [-0.2, -0.15) is 5.10 Å². The normalized spacial score (nSPS) is 12.0. The lowest BCUT2D eigenvalue weighted by Crippen LogP contribution is -2.28. The average molecular weight is 288 g/mol. The number of carbonyl (C=O) groups excluding carboxylic acids is 1. The van der Waals surface area contributed by atoms with E-state index in [2.05, 4.69) is 15.4 Å². The maximum Gasteiger partial charge on any atom is 0.270 e. The zero-order valence-corrected chi connectivity index (χ0v) is 13.0. The molecule has 0 spiro atoms. The summed E-state index contributed by atoms with van der Waals surface area (Å²) in [4.78, 5) is 16.3. The van der Waals surface area contributed by atoms with Gasteiger partial charge in [0.25, 0.3) is 5.91 Å². The van der Waals surface area contributed by atoms with Gasteiger partial charge in [-0.15, -0.1) is 0 Å². The van der Waals surface area contributed by atoms with Crippen LogP contribution < -0.4 is 10.1 Å². The van der Waals surface area contributed by atoms with E-state index in [1.165, 1.54) is 0 Å². The van der Waals surface area contributed by atoms with Gasteiger partial charge >= 0.3 is 0 Å². The number of nitrogens with one attached hydrogen (secondary N) is 1. The Morgan fingerprint density at radius 3 is 2.71 bits per heavy atom. The van der Waals surface area contributed by atoms with Gasteiger partial charge in [-0.1, -0.05) is 0 Å². The number of pyridine rings is 1. The van der Waals surface area contributed by atoms with E-state index in [0.717, 1.165) is 17.0 Å². The van der Waals surface area contributed by atoms with Crippen molar-refractivity contribution >= 4 is 5.91 Å². The SMILES string of the molecule is COc1ccnc(C(=O)NC(C)c2c(C)nn(C)c2C)c1. The molecule has 2 rings (SSSR count). The Balaban J connectivity index is 2.18. The van der Waals surface area contributed by atoms with Crippen LogP contribution in [0.1, 0.15) is 40.4 Å². The molecule has 1 unspecified atom stereocenters. The molecule has 0 fully saturated rings. The molecule has 112 valence electrons. The Labute approximate surface area is 124 Å². The lowest BCUT2D eigenvalue weighted by Gasteiger charge is -2.14. The maximum absolute atomic E-state index is 12.3. The summed E-state index contributed by atoms with van der Waals surface area (Å²) in [7, 11) is 3.45. The minimum atomic E-state index is -0.232. The summed E-state index contributed by atoms with van der Waals surface area (Å²) in [6, 6.07) is 3.18. The van der Waals surface area contributed by atoms with Gasteiger partial charge in [0, 0.05) is 30.6 Å². The van der Waals surface area contributed by atoms with Gasteiger partial charge in [-0.05, 0) is 26.8 Å². The minimum Gasteiger partial charge on any atom is -0.497 e. The Morgan fingerprint density at radius 1 is 1.43 bits per heavy atom. The predicted molar refractivity (Wildman–Crippen MR) is 79.4 cm³/mol. The third kappa shape index (κ3) is 3.04. The van der Waals surface area contributed by atoms with E-state index in [1.807, 2.05) is 32.5 Å². The van der Waals surface area contributed by atoms with Crippen molar-refractivity contribution in [2.45, 2.75) is 26.8 Å². The van der Waals surface area contributed by atoms with Gasteiger partial charge in [0.2, 0.25) is 0 Å². The fraction of sp³-hybridized carbons (Fsp3) is 0.400. The standard InChI is InChI=1S/C15H20N4O2/c1-9(14-10(2)18-19(4)11(14)3)17-15(20)13-8-12(21-5)6-7-16-13/h6-9H,1-5H3,(H,17,20). The van der Waals surface area contributed by atoms with Crippen LogP contribution in [0.15, 0.2) is 18.3 Å². The summed E-state index contributed by atoms with van der Waals surface area (Å²) in [6.07, 6.45) is 1.55. The van der Waals surface area contributed by atoms with E-state index >= 15 is 0 Å². The van der Waals surface area contributed by atoms with E-state index in [0.29, 0.717) is 11.4 Å². The molecular formula is C15H20N4O2. The largest absolute Gasteiger partial charge is 0.497 e. The van der Waals surface area contributed by atoms with Crippen LogP contribution in [-0.2, 0) is 7.05 Å². The van der Waals surface area contributed by atoms with Crippen LogP contribution in [-0.4, -0.2) is 27.8 Å². The summed E-state index contributed by atoms with van der Waals surface area (Å²) >= 11 is 0. The number of nitrogens with zero attached hydrogens (tertiary/aromatic N) is 3. The molecular weight excluding hydrogens is 268 g/mol. The number of hydrogen-bond acceptors (Lipinski definition) is 4. The van der Waals surface area contributed by atoms with Crippen LogP contribution in [0, 0.1) is 13.8 Å². The molecule has 0 aliphatic rings. The monoisotopic (exact) mass is 288 g/mol. The van der Waals surface area contributed by atoms with E-state index in [-0.39, 0.29) is 11.9 Å². The molecule has 0 saturated heterocycles. The van der Waals surface area contributed by atoms with Gasteiger partial charge < -0.3 is 10.1 Å². The van der Waals surface area contributed by atoms with Crippen molar-refractivity contribution in [1.29, 1.82) is 0 Å². The quantitative estimate of drug-likeness (QED) is 0.933. The molecule has 1 N–H and O–H groups in total. The lowest BCUT2D eigenvalue weighted by atomic mass is 10.1. The predicted octanol–water partition coefficient (Wildman–Crippen LogP) is 1.93. The van der Waals surface area contributed by atoms with Gasteiger partial charge in [-0.25, -0.2) is 0 Å². The van der Waals surface area contributed by atoms with Crippen LogP contribution in [0.25, 0.3) is 0 Å². The molecule has 6 heteroatoms. The first-order valence-electron chi connectivity index (χ1n) is 6.75. The van der Waals surface area contributed by atoms with Crippen molar-refractivity contribution in [3.8, 4) is 5.75 Å². The van der Waals surface area contributed by atoms with E-state index < -0.39 is 0 Å². The van der Waals surface area contributed by atoms with Crippen LogP contribution in [0.3, 0.4) is 0 Å². The molecule has 0 radical (unpaired) electrons. The molecule has 21 heavy (non-hydrogen) atoms. The third-order valence-corrected chi connectivity index (χ3v) is 3.55. The van der Waals surface area contributed by atoms with Crippen LogP contribution in [0.4, 0.5) is 0 Å². The smallest absolute Gasteiger partial charge is 0.270 e. The number of rotatable bonds is 4. The Morgan fingerprint density at radius 2 is 2.14 bits per heavy atom. The Kier molecular flexibility index (Phi) is 4.26. The molecule has 2 heterocycles. The summed E-state index contributed by atoms with van der Waals surface area (Å²) in [5.41, 5.74) is 3.33. The van der Waals surface area contributed by atoms with Crippen molar-refractivity contribution in [1.82, 2.24) is 20.1 Å². The number of hydrogen-bond donors (Lipinski definition) is 1. The van der Waals surface area contributed by atoms with E-state index in [1.54, 1.807) is 25.4 Å². The molecule has 2 aromatic rings. The second-order valence-corrected chi connectivity index (χ2v) is 4.98. The molecule has 1 atom stereocenters. The zero-order valence-electron chi connectivity index (χ0n) is 13.0. The Bertz CT molecular complexity index is 664. The molecule has 0 aliphatic heterocycles. The highest BCUT2D eigenvalue weighted by atomic mass is 16.5. The van der Waals surface area contributed by atoms with Gasteiger partial charge in [0.1, 0.15) is 11.4 Å². The van der Waals surface area contributed by atoms with Crippen molar-refractivity contribution in [3.05, 3.63) is 41.0 Å². The summed E-state index contributed by atoms with van der Waals surface area (Å²) in [6.45, 7) is 5.87. The fourth-order valence-electron chi connectivity index (χ4n) is 2.42. The minimum absolute atomic E-state index is 0.140. The van der Waals surface area contributed by atoms with Crippen molar-refractivity contribution in [3.63, 3.8) is 0 Å². The molecule has 2 aromatic heterocycles. The van der Waals surface area contributed by atoms with Crippen molar-refractivity contribution in [2.75, 3.05) is 7.11 Å². The molecule has 0 saturated carbocycles. The van der Waals surface area contributed by atoms with E-state index in [9.17, 15) is 4.79 Å². The Hall–Kier alpha value is -2.37. The van der Waals surface area contributed by atoms with Crippen molar-refractivity contribution < 1.29 is 9.53 Å². The first-order valence-corrected chi connectivity index (χ1v) is 6.75. The summed E-state index contributed by atoms with van der Waals surface area (Å²) in [5.74, 6) is 0.376. The van der Waals surface area contributed by atoms with Crippen LogP contribution >= 0.6 is 0 Å². The molecule has 1 amide bonds. The number of methoxy groups -OCH3 is 1. The zero-order chi connectivity index (χ0) is 15.6. The average Bonchev–Trinajstić information content (AvgIpc) is 2.72. The first kappa shape index (κ1) is 15.0. The maximum atomic E-state index is 12.3. The second kappa shape index (κ2) is 5.95. The fourth-order valence-corrected chi connectivity index (χ4v) is 2.42. The van der Waals surface area contributed by atoms with Gasteiger partial charge in [-0.3, -0.25) is 14.5 Å². The number of aromatic nitrogens is 3. The highest BCUT2D eigenvalue weighted by molar-refractivity contribution is 5.92. The number of amides is 1.